The van der Waals surface area contributed by atoms with Gasteiger partial charge >= 0.3 is 12.0 Å². The van der Waals surface area contributed by atoms with Gasteiger partial charge in [-0.1, -0.05) is 19.1 Å². The van der Waals surface area contributed by atoms with Gasteiger partial charge in [0.05, 0.1) is 17.9 Å². The molecule has 25 heavy (non-hydrogen) atoms. The molecule has 6 heteroatoms. The number of carbonyl (C=O) groups is 2. The third kappa shape index (κ3) is 3.96. The predicted octanol–water partition coefficient (Wildman–Crippen LogP) is 4.40. The van der Waals surface area contributed by atoms with Crippen molar-refractivity contribution >= 4 is 35.1 Å². The summed E-state index contributed by atoms with van der Waals surface area (Å²) in [4.78, 5) is 27.3. The standard InChI is InChI=1S/C19H20N2O3S/c1-3-24-18(22)14-8-10-15(11-9-14)20-19(23)21-12-13(2)25-17-7-5-4-6-16(17)21/h4-11,13H,3,12H2,1-2H3,(H,20,23)/t13-/m0/s1. The molecule has 130 valence electrons. The second-order valence-electron chi connectivity index (χ2n) is 5.73. The number of fused-ring (bicyclic) bond motifs is 1. The van der Waals surface area contributed by atoms with Gasteiger partial charge in [-0.25, -0.2) is 9.59 Å². The van der Waals surface area contributed by atoms with Crippen molar-refractivity contribution < 1.29 is 14.3 Å². The Labute approximate surface area is 151 Å². The van der Waals surface area contributed by atoms with Gasteiger partial charge in [-0.15, -0.1) is 11.8 Å². The number of thioether (sulfide) groups is 1. The van der Waals surface area contributed by atoms with Crippen LogP contribution in [0.2, 0.25) is 0 Å². The monoisotopic (exact) mass is 356 g/mol. The van der Waals surface area contributed by atoms with Crippen molar-refractivity contribution in [2.24, 2.45) is 0 Å². The van der Waals surface area contributed by atoms with E-state index in [1.165, 1.54) is 0 Å². The second kappa shape index (κ2) is 7.61. The van der Waals surface area contributed by atoms with Crippen LogP contribution in [-0.4, -0.2) is 30.4 Å². The van der Waals surface area contributed by atoms with Crippen LogP contribution < -0.4 is 10.2 Å². The number of urea groups is 1. The summed E-state index contributed by atoms with van der Waals surface area (Å²) in [6, 6.07) is 14.4. The maximum atomic E-state index is 12.7. The average molecular weight is 356 g/mol. The Morgan fingerprint density at radius 3 is 2.64 bits per heavy atom. The van der Waals surface area contributed by atoms with Crippen LogP contribution in [0.5, 0.6) is 0 Å². The molecule has 5 nitrogen and oxygen atoms in total. The number of benzene rings is 2. The molecule has 1 heterocycles. The number of carbonyl (C=O) groups excluding carboxylic acids is 2. The molecule has 0 radical (unpaired) electrons. The Balaban J connectivity index is 1.73. The van der Waals surface area contributed by atoms with E-state index in [0.29, 0.717) is 29.7 Å². The van der Waals surface area contributed by atoms with Crippen LogP contribution in [0, 0.1) is 0 Å². The number of nitrogens with zero attached hydrogens (tertiary/aromatic N) is 1. The largest absolute Gasteiger partial charge is 0.462 e. The number of hydrogen-bond acceptors (Lipinski definition) is 4. The minimum atomic E-state index is -0.365. The van der Waals surface area contributed by atoms with Gasteiger partial charge in [0.1, 0.15) is 0 Å². The third-order valence-corrected chi connectivity index (χ3v) is 4.97. The van der Waals surface area contributed by atoms with E-state index in [0.717, 1.165) is 10.6 Å². The molecule has 1 aliphatic rings. The van der Waals surface area contributed by atoms with E-state index in [-0.39, 0.29) is 12.0 Å². The van der Waals surface area contributed by atoms with Crippen LogP contribution in [-0.2, 0) is 4.74 Å². The zero-order valence-corrected chi connectivity index (χ0v) is 15.0. The van der Waals surface area contributed by atoms with Gasteiger partial charge in [0.25, 0.3) is 0 Å². The number of ether oxygens (including phenoxy) is 1. The molecule has 1 N–H and O–H groups in total. The molecule has 1 atom stereocenters. The van der Waals surface area contributed by atoms with Crippen LogP contribution in [0.25, 0.3) is 0 Å². The van der Waals surface area contributed by atoms with Crippen LogP contribution in [0.3, 0.4) is 0 Å². The molecule has 1 aliphatic heterocycles. The van der Waals surface area contributed by atoms with Crippen molar-refractivity contribution in [3.63, 3.8) is 0 Å². The maximum Gasteiger partial charge on any atom is 0.338 e. The third-order valence-electron chi connectivity index (χ3n) is 3.82. The van der Waals surface area contributed by atoms with E-state index in [2.05, 4.69) is 12.2 Å². The summed E-state index contributed by atoms with van der Waals surface area (Å²) in [5, 5.41) is 3.22. The molecule has 0 saturated carbocycles. The predicted molar refractivity (Wildman–Crippen MR) is 101 cm³/mol. The summed E-state index contributed by atoms with van der Waals surface area (Å²) in [5.41, 5.74) is 2.03. The van der Waals surface area contributed by atoms with E-state index in [4.69, 9.17) is 4.74 Å². The highest BCUT2D eigenvalue weighted by molar-refractivity contribution is 8.00. The smallest absolute Gasteiger partial charge is 0.338 e. The molecule has 0 bridgehead atoms. The Morgan fingerprint density at radius 1 is 1.20 bits per heavy atom. The molecule has 0 saturated heterocycles. The SMILES string of the molecule is CCOC(=O)c1ccc(NC(=O)N2C[C@H](C)Sc3ccccc32)cc1. The number of rotatable bonds is 3. The van der Waals surface area contributed by atoms with Crippen LogP contribution in [0.15, 0.2) is 53.4 Å². The fourth-order valence-electron chi connectivity index (χ4n) is 2.68. The molecular formula is C19H20N2O3S. The van der Waals surface area contributed by atoms with Crippen molar-refractivity contribution in [1.29, 1.82) is 0 Å². The highest BCUT2D eigenvalue weighted by atomic mass is 32.2. The fraction of sp³-hybridized carbons (Fsp3) is 0.263. The zero-order valence-electron chi connectivity index (χ0n) is 14.2. The maximum absolute atomic E-state index is 12.7. The Hall–Kier alpha value is -2.47. The average Bonchev–Trinajstić information content (AvgIpc) is 2.61. The molecule has 0 spiro atoms. The molecule has 0 unspecified atom stereocenters. The minimum absolute atomic E-state index is 0.177. The van der Waals surface area contributed by atoms with Gasteiger partial charge in [0.15, 0.2) is 0 Å². The Bertz CT molecular complexity index is 776. The quantitative estimate of drug-likeness (QED) is 0.829. The highest BCUT2D eigenvalue weighted by Crippen LogP contribution is 2.38. The zero-order chi connectivity index (χ0) is 17.8. The van der Waals surface area contributed by atoms with E-state index in [1.54, 1.807) is 47.9 Å². The summed E-state index contributed by atoms with van der Waals surface area (Å²) in [5.74, 6) is -0.365. The molecule has 0 aromatic heterocycles. The van der Waals surface area contributed by atoms with E-state index < -0.39 is 0 Å². The van der Waals surface area contributed by atoms with Gasteiger partial charge in [-0.2, -0.15) is 0 Å². The molecule has 2 amide bonds. The molecule has 0 fully saturated rings. The lowest BCUT2D eigenvalue weighted by atomic mass is 10.2. The first kappa shape index (κ1) is 17.4. The lowest BCUT2D eigenvalue weighted by Gasteiger charge is -2.32. The molecular weight excluding hydrogens is 336 g/mol. The number of anilines is 2. The van der Waals surface area contributed by atoms with Crippen LogP contribution in [0.1, 0.15) is 24.2 Å². The first-order valence-corrected chi connectivity index (χ1v) is 9.08. The highest BCUT2D eigenvalue weighted by Gasteiger charge is 2.26. The van der Waals surface area contributed by atoms with Crippen molar-refractivity contribution in [2.45, 2.75) is 24.0 Å². The number of hydrogen-bond donors (Lipinski definition) is 1. The molecule has 0 aliphatic carbocycles. The van der Waals surface area contributed by atoms with Crippen molar-refractivity contribution in [1.82, 2.24) is 0 Å². The summed E-state index contributed by atoms with van der Waals surface area (Å²) in [6.07, 6.45) is 0. The van der Waals surface area contributed by atoms with Crippen LogP contribution in [0.4, 0.5) is 16.2 Å². The summed E-state index contributed by atoms with van der Waals surface area (Å²) in [7, 11) is 0. The van der Waals surface area contributed by atoms with Crippen molar-refractivity contribution in [3.8, 4) is 0 Å². The normalized spacial score (nSPS) is 16.1. The van der Waals surface area contributed by atoms with Gasteiger partial charge in [-0.3, -0.25) is 4.90 Å². The molecule has 3 rings (SSSR count). The second-order valence-corrected chi connectivity index (χ2v) is 7.22. The van der Waals surface area contributed by atoms with Gasteiger partial charge in [-0.05, 0) is 43.3 Å². The van der Waals surface area contributed by atoms with Gasteiger partial charge < -0.3 is 10.1 Å². The fourth-order valence-corrected chi connectivity index (χ4v) is 3.79. The topological polar surface area (TPSA) is 58.6 Å². The summed E-state index contributed by atoms with van der Waals surface area (Å²) >= 11 is 1.78. The lowest BCUT2D eigenvalue weighted by molar-refractivity contribution is 0.0526. The Morgan fingerprint density at radius 2 is 1.92 bits per heavy atom. The summed E-state index contributed by atoms with van der Waals surface area (Å²) in [6.45, 7) is 4.85. The van der Waals surface area contributed by atoms with Crippen molar-refractivity contribution in [3.05, 3.63) is 54.1 Å². The van der Waals surface area contributed by atoms with E-state index in [9.17, 15) is 9.59 Å². The number of amides is 2. The van der Waals surface area contributed by atoms with Gasteiger partial charge in [0.2, 0.25) is 0 Å². The number of nitrogens with one attached hydrogen (secondary N) is 1. The lowest BCUT2D eigenvalue weighted by Crippen LogP contribution is -2.41. The van der Waals surface area contributed by atoms with Crippen molar-refractivity contribution in [2.75, 3.05) is 23.4 Å². The molecule has 2 aromatic carbocycles. The van der Waals surface area contributed by atoms with E-state index >= 15 is 0 Å². The van der Waals surface area contributed by atoms with E-state index in [1.807, 2.05) is 24.3 Å². The first-order valence-electron chi connectivity index (χ1n) is 8.20. The first-order chi connectivity index (χ1) is 12.1. The number of esters is 1. The van der Waals surface area contributed by atoms with Crippen LogP contribution >= 0.6 is 11.8 Å². The number of para-hydroxylation sites is 1. The minimum Gasteiger partial charge on any atom is -0.462 e. The molecule has 2 aromatic rings. The van der Waals surface area contributed by atoms with Gasteiger partial charge in [0, 0.05) is 22.4 Å². The summed E-state index contributed by atoms with van der Waals surface area (Å²) < 4.78 is 4.96. The Kier molecular flexibility index (Phi) is 5.28.